The first-order valence-corrected chi connectivity index (χ1v) is 6.20. The molecule has 0 radical (unpaired) electrons. The summed E-state index contributed by atoms with van der Waals surface area (Å²) in [7, 11) is 0. The van der Waals surface area contributed by atoms with E-state index < -0.39 is 23.4 Å². The number of carbonyl (C=O) groups excluding carboxylic acids is 1. The smallest absolute Gasteiger partial charge is 0.545 e. The van der Waals surface area contributed by atoms with Crippen LogP contribution in [0, 0.1) is 11.6 Å². The fourth-order valence-corrected chi connectivity index (χ4v) is 1.91. The average Bonchev–Trinajstić information content (AvgIpc) is 2.43. The molecule has 0 amide bonds. The fourth-order valence-electron chi connectivity index (χ4n) is 1.91. The second kappa shape index (κ2) is 8.12. The molecule has 22 heavy (non-hydrogen) atoms. The predicted molar refractivity (Wildman–Crippen MR) is 71.0 cm³/mol. The van der Waals surface area contributed by atoms with Crippen LogP contribution in [0.25, 0.3) is 0 Å². The molecule has 0 bridgehead atoms. The quantitative estimate of drug-likeness (QED) is 0.531. The number of carboxylic acids is 1. The van der Waals surface area contributed by atoms with Gasteiger partial charge in [0.2, 0.25) is 0 Å². The van der Waals surface area contributed by atoms with E-state index in [0.717, 1.165) is 0 Å². The van der Waals surface area contributed by atoms with Crippen molar-refractivity contribution in [3.63, 3.8) is 0 Å². The number of carboxylic acid groups (broad SMARTS) is 1. The monoisotopic (exact) mass is 315 g/mol. The number of aromatic hydroxyl groups is 1. The number of anilines is 1. The maximum Gasteiger partial charge on any atom is 1.00 e. The van der Waals surface area contributed by atoms with Crippen LogP contribution < -0.4 is 40.0 Å². The number of rotatable bonds is 5. The van der Waals surface area contributed by atoms with Crippen molar-refractivity contribution in [2.24, 2.45) is 0 Å². The van der Waals surface area contributed by atoms with Gasteiger partial charge in [-0.15, -0.1) is 0 Å². The number of nitrogens with one attached hydrogen (secondary N) is 1. The summed E-state index contributed by atoms with van der Waals surface area (Å²) in [4.78, 5) is 10.8. The van der Waals surface area contributed by atoms with Crippen LogP contribution in [0.3, 0.4) is 0 Å². The van der Waals surface area contributed by atoms with Crippen LogP contribution in [-0.2, 0) is 6.42 Å². The summed E-state index contributed by atoms with van der Waals surface area (Å²) < 4.78 is 26.8. The molecule has 110 valence electrons. The van der Waals surface area contributed by atoms with Gasteiger partial charge in [0.15, 0.2) is 0 Å². The van der Waals surface area contributed by atoms with Gasteiger partial charge in [-0.1, -0.05) is 6.07 Å². The Morgan fingerprint density at radius 3 is 2.41 bits per heavy atom. The summed E-state index contributed by atoms with van der Waals surface area (Å²) in [6.45, 7) is 0.203. The Morgan fingerprint density at radius 2 is 1.82 bits per heavy atom. The molecular formula is C15H12F2NNaO3. The molecule has 2 aromatic rings. The van der Waals surface area contributed by atoms with Crippen LogP contribution in [-0.4, -0.2) is 17.6 Å². The van der Waals surface area contributed by atoms with E-state index in [4.69, 9.17) is 0 Å². The van der Waals surface area contributed by atoms with Gasteiger partial charge < -0.3 is 20.3 Å². The van der Waals surface area contributed by atoms with Gasteiger partial charge in [0.1, 0.15) is 17.4 Å². The van der Waals surface area contributed by atoms with E-state index in [1.165, 1.54) is 36.4 Å². The van der Waals surface area contributed by atoms with E-state index in [1.54, 1.807) is 0 Å². The largest absolute Gasteiger partial charge is 1.00 e. The van der Waals surface area contributed by atoms with Crippen molar-refractivity contribution in [3.05, 3.63) is 59.2 Å². The van der Waals surface area contributed by atoms with Gasteiger partial charge in [0.25, 0.3) is 0 Å². The van der Waals surface area contributed by atoms with Crippen LogP contribution in [0.5, 0.6) is 5.75 Å². The fraction of sp³-hybridized carbons (Fsp3) is 0.133. The molecule has 0 aromatic heterocycles. The van der Waals surface area contributed by atoms with Crippen molar-refractivity contribution in [2.75, 3.05) is 11.9 Å². The number of phenols is 1. The molecule has 2 N–H and O–H groups in total. The van der Waals surface area contributed by atoms with E-state index in [-0.39, 0.29) is 53.6 Å². The zero-order chi connectivity index (χ0) is 15.4. The third kappa shape index (κ3) is 4.43. The minimum atomic E-state index is -1.50. The molecular weight excluding hydrogens is 303 g/mol. The molecule has 0 saturated carbocycles. The molecule has 0 atom stereocenters. The summed E-state index contributed by atoms with van der Waals surface area (Å²) in [6.07, 6.45) is 0.0973. The molecule has 0 aliphatic rings. The Morgan fingerprint density at radius 1 is 1.18 bits per heavy atom. The van der Waals surface area contributed by atoms with Gasteiger partial charge >= 0.3 is 29.6 Å². The SMILES string of the molecule is O=C([O-])c1cc(NCCc2c(F)cccc2F)ccc1O.[Na+]. The van der Waals surface area contributed by atoms with E-state index in [2.05, 4.69) is 5.32 Å². The summed E-state index contributed by atoms with van der Waals surface area (Å²) >= 11 is 0. The van der Waals surface area contributed by atoms with Gasteiger partial charge in [-0.2, -0.15) is 0 Å². The standard InChI is InChI=1S/C15H13F2NO3.Na/c16-12-2-1-3-13(17)10(12)6-7-18-9-4-5-14(19)11(8-9)15(20)21;/h1-5,8,18-19H,6-7H2,(H,20,21);/q;+1/p-1. The first-order valence-electron chi connectivity index (χ1n) is 6.20. The molecule has 2 aromatic carbocycles. The van der Waals surface area contributed by atoms with Crippen LogP contribution in [0.2, 0.25) is 0 Å². The van der Waals surface area contributed by atoms with Crippen molar-refractivity contribution in [1.82, 2.24) is 0 Å². The minimum absolute atomic E-state index is 0. The first kappa shape index (κ1) is 18.4. The van der Waals surface area contributed by atoms with Crippen LogP contribution in [0.1, 0.15) is 15.9 Å². The molecule has 0 aliphatic carbocycles. The molecule has 0 aliphatic heterocycles. The Bertz CT molecular complexity index is 660. The molecule has 7 heteroatoms. The molecule has 0 unspecified atom stereocenters. The molecule has 0 saturated heterocycles. The van der Waals surface area contributed by atoms with Crippen molar-refractivity contribution in [2.45, 2.75) is 6.42 Å². The van der Waals surface area contributed by atoms with E-state index in [1.807, 2.05) is 0 Å². The number of benzene rings is 2. The minimum Gasteiger partial charge on any atom is -0.545 e. The molecule has 2 rings (SSSR count). The van der Waals surface area contributed by atoms with Crippen molar-refractivity contribution in [3.8, 4) is 5.75 Å². The molecule has 0 heterocycles. The van der Waals surface area contributed by atoms with Crippen molar-refractivity contribution in [1.29, 1.82) is 0 Å². The third-order valence-electron chi connectivity index (χ3n) is 2.98. The van der Waals surface area contributed by atoms with E-state index >= 15 is 0 Å². The van der Waals surface area contributed by atoms with E-state index in [0.29, 0.717) is 5.69 Å². The Hall–Kier alpha value is -1.63. The second-order valence-electron chi connectivity index (χ2n) is 4.40. The van der Waals surface area contributed by atoms with Crippen LogP contribution in [0.15, 0.2) is 36.4 Å². The Balaban J connectivity index is 0.00000242. The number of hydrogen-bond acceptors (Lipinski definition) is 4. The second-order valence-corrected chi connectivity index (χ2v) is 4.40. The van der Waals surface area contributed by atoms with Crippen LogP contribution in [0.4, 0.5) is 14.5 Å². The van der Waals surface area contributed by atoms with Crippen molar-refractivity contribution >= 4 is 11.7 Å². The van der Waals surface area contributed by atoms with E-state index in [9.17, 15) is 23.8 Å². The van der Waals surface area contributed by atoms with Gasteiger partial charge in [-0.25, -0.2) is 8.78 Å². The van der Waals surface area contributed by atoms with Crippen LogP contribution >= 0.6 is 0 Å². The number of halogens is 2. The molecule has 4 nitrogen and oxygen atoms in total. The number of carbonyl (C=O) groups is 1. The Kier molecular flexibility index (Phi) is 6.80. The van der Waals surface area contributed by atoms with Gasteiger partial charge in [-0.3, -0.25) is 0 Å². The number of hydrogen-bond donors (Lipinski definition) is 2. The van der Waals surface area contributed by atoms with Gasteiger partial charge in [0, 0.05) is 23.4 Å². The maximum absolute atomic E-state index is 13.4. The molecule has 0 fully saturated rings. The zero-order valence-corrected chi connectivity index (χ0v) is 13.9. The maximum atomic E-state index is 13.4. The van der Waals surface area contributed by atoms with Gasteiger partial charge in [0.05, 0.1) is 5.97 Å². The summed E-state index contributed by atoms with van der Waals surface area (Å²) in [5, 5.41) is 22.9. The van der Waals surface area contributed by atoms with Crippen molar-refractivity contribution < 1.29 is 53.3 Å². The summed E-state index contributed by atoms with van der Waals surface area (Å²) in [5.41, 5.74) is 0.0183. The number of aromatic carboxylic acids is 1. The molecule has 0 spiro atoms. The summed E-state index contributed by atoms with van der Waals surface area (Å²) in [5.74, 6) is -3.16. The zero-order valence-electron chi connectivity index (χ0n) is 11.9. The normalized spacial score (nSPS) is 9.91. The average molecular weight is 315 g/mol. The first-order chi connectivity index (χ1) is 9.99. The summed E-state index contributed by atoms with van der Waals surface area (Å²) in [6, 6.07) is 7.49. The third-order valence-corrected chi connectivity index (χ3v) is 2.98. The predicted octanol–water partition coefficient (Wildman–Crippen LogP) is -1.31. The Labute approximate surface area is 148 Å². The van der Waals surface area contributed by atoms with Gasteiger partial charge in [-0.05, 0) is 36.8 Å². The topological polar surface area (TPSA) is 72.4 Å².